The molecule has 1 aromatic rings. The molecule has 0 aliphatic carbocycles. The second-order valence-corrected chi connectivity index (χ2v) is 6.91. The molecule has 0 fully saturated rings. The molecule has 0 radical (unpaired) electrons. The standard InChI is InChI=1S/C18H25NOS/c1-3-4-5-6-7-8-11-21-18-13-17(20)15-12-14(2)9-10-16(15)19-18/h9-10,12H,3-8,11,13H2,1-2H3. The summed E-state index contributed by atoms with van der Waals surface area (Å²) in [4.78, 5) is 16.8. The Morgan fingerprint density at radius 2 is 1.90 bits per heavy atom. The van der Waals surface area contributed by atoms with Crippen molar-refractivity contribution in [2.24, 2.45) is 4.99 Å². The fourth-order valence-corrected chi connectivity index (χ4v) is 3.51. The first-order valence-electron chi connectivity index (χ1n) is 8.05. The summed E-state index contributed by atoms with van der Waals surface area (Å²) in [6, 6.07) is 5.94. The van der Waals surface area contributed by atoms with Gasteiger partial charge in [-0.15, -0.1) is 11.8 Å². The summed E-state index contributed by atoms with van der Waals surface area (Å²) < 4.78 is 0. The van der Waals surface area contributed by atoms with Gasteiger partial charge in [0.2, 0.25) is 0 Å². The first-order chi connectivity index (χ1) is 10.2. The van der Waals surface area contributed by atoms with E-state index in [-0.39, 0.29) is 5.78 Å². The second kappa shape index (κ2) is 8.38. The number of rotatable bonds is 7. The van der Waals surface area contributed by atoms with Crippen LogP contribution in [0.15, 0.2) is 23.2 Å². The number of hydrogen-bond acceptors (Lipinski definition) is 3. The molecular formula is C18H25NOS. The van der Waals surface area contributed by atoms with Gasteiger partial charge >= 0.3 is 0 Å². The van der Waals surface area contributed by atoms with Gasteiger partial charge in [0.25, 0.3) is 0 Å². The van der Waals surface area contributed by atoms with Crippen molar-refractivity contribution in [1.29, 1.82) is 0 Å². The molecule has 0 aromatic heterocycles. The van der Waals surface area contributed by atoms with E-state index >= 15 is 0 Å². The minimum absolute atomic E-state index is 0.217. The molecule has 1 aromatic carbocycles. The van der Waals surface area contributed by atoms with Crippen LogP contribution < -0.4 is 0 Å². The lowest BCUT2D eigenvalue weighted by Gasteiger charge is -2.14. The van der Waals surface area contributed by atoms with E-state index in [1.807, 2.05) is 25.1 Å². The van der Waals surface area contributed by atoms with Gasteiger partial charge in [0, 0.05) is 5.56 Å². The maximum absolute atomic E-state index is 12.2. The van der Waals surface area contributed by atoms with Crippen molar-refractivity contribution in [2.45, 2.75) is 58.8 Å². The van der Waals surface area contributed by atoms with Crippen LogP contribution in [0.4, 0.5) is 5.69 Å². The summed E-state index contributed by atoms with van der Waals surface area (Å²) in [5.74, 6) is 1.30. The van der Waals surface area contributed by atoms with E-state index in [0.29, 0.717) is 6.42 Å². The molecule has 2 rings (SSSR count). The summed E-state index contributed by atoms with van der Waals surface area (Å²) in [7, 11) is 0. The first-order valence-corrected chi connectivity index (χ1v) is 9.03. The van der Waals surface area contributed by atoms with E-state index in [4.69, 9.17) is 0 Å². The third-order valence-corrected chi connectivity index (χ3v) is 4.84. The van der Waals surface area contributed by atoms with Crippen LogP contribution >= 0.6 is 11.8 Å². The van der Waals surface area contributed by atoms with Crippen molar-refractivity contribution in [3.8, 4) is 0 Å². The average Bonchev–Trinajstić information content (AvgIpc) is 2.47. The number of carbonyl (C=O) groups excluding carboxylic acids is 1. The van der Waals surface area contributed by atoms with Crippen molar-refractivity contribution in [3.63, 3.8) is 0 Å². The topological polar surface area (TPSA) is 29.4 Å². The molecule has 21 heavy (non-hydrogen) atoms. The molecule has 0 atom stereocenters. The lowest BCUT2D eigenvalue weighted by molar-refractivity contribution is 0.100. The normalized spacial score (nSPS) is 14.0. The Bertz CT molecular complexity index is 522. The van der Waals surface area contributed by atoms with Gasteiger partial charge in [-0.25, -0.2) is 4.99 Å². The van der Waals surface area contributed by atoms with E-state index in [1.165, 1.54) is 38.5 Å². The van der Waals surface area contributed by atoms with Crippen molar-refractivity contribution in [1.82, 2.24) is 0 Å². The number of nitrogens with zero attached hydrogens (tertiary/aromatic N) is 1. The van der Waals surface area contributed by atoms with Gasteiger partial charge in [-0.2, -0.15) is 0 Å². The van der Waals surface area contributed by atoms with E-state index in [1.54, 1.807) is 11.8 Å². The average molecular weight is 303 g/mol. The van der Waals surface area contributed by atoms with Gasteiger partial charge in [-0.1, -0.05) is 50.7 Å². The Morgan fingerprint density at radius 3 is 2.71 bits per heavy atom. The highest BCUT2D eigenvalue weighted by atomic mass is 32.2. The maximum atomic E-state index is 12.2. The number of carbonyl (C=O) groups is 1. The van der Waals surface area contributed by atoms with Crippen LogP contribution in [0.1, 0.15) is 67.8 Å². The molecule has 0 N–H and O–H groups in total. The number of hydrogen-bond donors (Lipinski definition) is 0. The third kappa shape index (κ3) is 4.99. The highest BCUT2D eigenvalue weighted by Gasteiger charge is 2.19. The van der Waals surface area contributed by atoms with E-state index in [2.05, 4.69) is 11.9 Å². The van der Waals surface area contributed by atoms with Crippen LogP contribution in [0, 0.1) is 6.92 Å². The molecule has 0 unspecified atom stereocenters. The number of aryl methyl sites for hydroxylation is 1. The smallest absolute Gasteiger partial charge is 0.171 e. The highest BCUT2D eigenvalue weighted by Crippen LogP contribution is 2.30. The van der Waals surface area contributed by atoms with Gasteiger partial charge < -0.3 is 0 Å². The first kappa shape index (κ1) is 16.3. The van der Waals surface area contributed by atoms with Crippen molar-refractivity contribution in [3.05, 3.63) is 29.3 Å². The quantitative estimate of drug-likeness (QED) is 0.604. The summed E-state index contributed by atoms with van der Waals surface area (Å²) in [6.45, 7) is 4.26. The molecule has 0 spiro atoms. The van der Waals surface area contributed by atoms with Crippen molar-refractivity contribution >= 4 is 28.3 Å². The fourth-order valence-electron chi connectivity index (χ4n) is 2.53. The van der Waals surface area contributed by atoms with Crippen LogP contribution in [0.25, 0.3) is 0 Å². The summed E-state index contributed by atoms with van der Waals surface area (Å²) in [6.07, 6.45) is 8.34. The molecule has 114 valence electrons. The van der Waals surface area contributed by atoms with Crippen molar-refractivity contribution in [2.75, 3.05) is 5.75 Å². The molecule has 0 saturated carbocycles. The number of aliphatic imine (C=N–C) groups is 1. The maximum Gasteiger partial charge on any atom is 0.171 e. The minimum Gasteiger partial charge on any atom is -0.294 e. The SMILES string of the molecule is CCCCCCCCSC1=Nc2ccc(C)cc2C(=O)C1. The molecule has 0 bridgehead atoms. The number of Topliss-reactive ketones (excluding diaryl/α,β-unsaturated/α-hetero) is 1. The van der Waals surface area contributed by atoms with Crippen LogP contribution in [0.2, 0.25) is 0 Å². The monoisotopic (exact) mass is 303 g/mol. The minimum atomic E-state index is 0.217. The summed E-state index contributed by atoms with van der Waals surface area (Å²) in [5.41, 5.74) is 2.77. The predicted molar refractivity (Wildman–Crippen MR) is 93.1 cm³/mol. The molecule has 0 saturated heterocycles. The third-order valence-electron chi connectivity index (χ3n) is 3.78. The van der Waals surface area contributed by atoms with E-state index in [0.717, 1.165) is 27.6 Å². The van der Waals surface area contributed by atoms with Gasteiger partial charge in [0.05, 0.1) is 17.2 Å². The Kier molecular flexibility index (Phi) is 6.50. The molecule has 3 heteroatoms. The Morgan fingerprint density at radius 1 is 1.14 bits per heavy atom. The van der Waals surface area contributed by atoms with Crippen LogP contribution in [0.5, 0.6) is 0 Å². The zero-order valence-electron chi connectivity index (χ0n) is 13.2. The number of unbranched alkanes of at least 4 members (excludes halogenated alkanes) is 5. The molecule has 1 aliphatic rings. The van der Waals surface area contributed by atoms with Gasteiger partial charge in [-0.3, -0.25) is 4.79 Å². The molecule has 2 nitrogen and oxygen atoms in total. The van der Waals surface area contributed by atoms with Crippen LogP contribution in [-0.4, -0.2) is 16.6 Å². The van der Waals surface area contributed by atoms with Gasteiger partial charge in [0.15, 0.2) is 5.78 Å². The molecule has 0 amide bonds. The molecule has 1 aliphatic heterocycles. The molecule has 1 heterocycles. The van der Waals surface area contributed by atoms with E-state index in [9.17, 15) is 4.79 Å². The Balaban J connectivity index is 1.80. The Hall–Kier alpha value is -1.09. The van der Waals surface area contributed by atoms with Gasteiger partial charge in [-0.05, 0) is 31.2 Å². The van der Waals surface area contributed by atoms with Gasteiger partial charge in [0.1, 0.15) is 0 Å². The lowest BCUT2D eigenvalue weighted by Crippen LogP contribution is -2.11. The number of ketones is 1. The van der Waals surface area contributed by atoms with Crippen LogP contribution in [-0.2, 0) is 0 Å². The largest absolute Gasteiger partial charge is 0.294 e. The highest BCUT2D eigenvalue weighted by molar-refractivity contribution is 8.14. The molecular weight excluding hydrogens is 278 g/mol. The van der Waals surface area contributed by atoms with Crippen LogP contribution in [0.3, 0.4) is 0 Å². The number of thioether (sulfide) groups is 1. The zero-order valence-corrected chi connectivity index (χ0v) is 14.0. The Labute approximate surface area is 132 Å². The number of fused-ring (bicyclic) bond motifs is 1. The van der Waals surface area contributed by atoms with Crippen molar-refractivity contribution < 1.29 is 4.79 Å². The number of benzene rings is 1. The second-order valence-electron chi connectivity index (χ2n) is 5.74. The fraction of sp³-hybridized carbons (Fsp3) is 0.556. The summed E-state index contributed by atoms with van der Waals surface area (Å²) in [5, 5.41) is 0.991. The lowest BCUT2D eigenvalue weighted by atomic mass is 10.0. The zero-order chi connectivity index (χ0) is 15.1. The predicted octanol–water partition coefficient (Wildman–Crippen LogP) is 5.71. The summed E-state index contributed by atoms with van der Waals surface area (Å²) >= 11 is 1.76. The van der Waals surface area contributed by atoms with E-state index < -0.39 is 0 Å².